The monoisotopic (exact) mass is 180 g/mol. The average molecular weight is 180 g/mol. The molecule has 0 aliphatic carbocycles. The van der Waals surface area contributed by atoms with Gasteiger partial charge in [-0.1, -0.05) is 19.1 Å². The molecule has 13 heavy (non-hydrogen) atoms. The van der Waals surface area contributed by atoms with Crippen LogP contribution in [0, 0.1) is 0 Å². The average Bonchev–Trinajstić information content (AvgIpc) is 2.17. The first-order chi connectivity index (χ1) is 6.15. The summed E-state index contributed by atoms with van der Waals surface area (Å²) in [5, 5.41) is 18.0. The number of carboxylic acids is 1. The number of aliphatic hydroxyl groups is 1. The van der Waals surface area contributed by atoms with Crippen LogP contribution in [0.3, 0.4) is 0 Å². The third kappa shape index (κ3) is 2.29. The van der Waals surface area contributed by atoms with Gasteiger partial charge in [-0.15, -0.1) is 0 Å². The van der Waals surface area contributed by atoms with Gasteiger partial charge in [-0.05, 0) is 24.1 Å². The summed E-state index contributed by atoms with van der Waals surface area (Å²) in [6.07, 6.45) is 0.134. The number of hydrogen-bond acceptors (Lipinski definition) is 2. The van der Waals surface area contributed by atoms with Crippen LogP contribution in [0.2, 0.25) is 0 Å². The molecule has 0 aromatic heterocycles. The second-order valence-corrected chi connectivity index (χ2v) is 2.85. The van der Waals surface area contributed by atoms with Crippen LogP contribution in [0.4, 0.5) is 0 Å². The number of hydrogen-bond donors (Lipinski definition) is 2. The number of carboxylic acid groups (broad SMARTS) is 1. The molecular weight excluding hydrogens is 168 g/mol. The van der Waals surface area contributed by atoms with Crippen molar-refractivity contribution in [3.05, 3.63) is 35.4 Å². The topological polar surface area (TPSA) is 57.5 Å². The van der Waals surface area contributed by atoms with E-state index in [-0.39, 0.29) is 5.56 Å². The first-order valence-electron chi connectivity index (χ1n) is 4.16. The van der Waals surface area contributed by atoms with Gasteiger partial charge in [-0.3, -0.25) is 0 Å². The van der Waals surface area contributed by atoms with Gasteiger partial charge in [0.2, 0.25) is 0 Å². The maximum absolute atomic E-state index is 10.5. The van der Waals surface area contributed by atoms with Crippen LogP contribution in [0.1, 0.15) is 35.4 Å². The molecule has 0 aliphatic heterocycles. The van der Waals surface area contributed by atoms with E-state index in [0.29, 0.717) is 6.42 Å². The zero-order valence-electron chi connectivity index (χ0n) is 7.40. The summed E-state index contributed by atoms with van der Waals surface area (Å²) in [5.74, 6) is -0.947. The molecule has 1 rings (SSSR count). The second-order valence-electron chi connectivity index (χ2n) is 2.85. The van der Waals surface area contributed by atoms with E-state index in [0.717, 1.165) is 5.56 Å². The molecule has 1 aromatic rings. The molecule has 0 fully saturated rings. The maximum Gasteiger partial charge on any atom is 0.335 e. The lowest BCUT2D eigenvalue weighted by atomic mass is 10.1. The molecule has 0 amide bonds. The Morgan fingerprint density at radius 2 is 1.92 bits per heavy atom. The van der Waals surface area contributed by atoms with E-state index < -0.39 is 12.1 Å². The lowest BCUT2D eigenvalue weighted by Gasteiger charge is -2.07. The van der Waals surface area contributed by atoms with Crippen LogP contribution in [0.5, 0.6) is 0 Å². The van der Waals surface area contributed by atoms with Crippen molar-refractivity contribution >= 4 is 5.97 Å². The van der Waals surface area contributed by atoms with Crippen LogP contribution in [0.25, 0.3) is 0 Å². The number of benzene rings is 1. The SMILES string of the molecule is CCC(O)c1ccc(C(=O)O)cc1. The number of carbonyl (C=O) groups is 1. The highest BCUT2D eigenvalue weighted by Crippen LogP contribution is 2.16. The molecule has 3 nitrogen and oxygen atoms in total. The van der Waals surface area contributed by atoms with Crippen molar-refractivity contribution in [2.24, 2.45) is 0 Å². The molecule has 0 spiro atoms. The van der Waals surface area contributed by atoms with Crippen LogP contribution >= 0.6 is 0 Å². The summed E-state index contributed by atoms with van der Waals surface area (Å²) in [4.78, 5) is 10.5. The highest BCUT2D eigenvalue weighted by molar-refractivity contribution is 5.87. The Hall–Kier alpha value is -1.35. The normalized spacial score (nSPS) is 12.5. The quantitative estimate of drug-likeness (QED) is 0.746. The van der Waals surface area contributed by atoms with E-state index in [9.17, 15) is 9.90 Å². The van der Waals surface area contributed by atoms with Crippen molar-refractivity contribution in [2.45, 2.75) is 19.4 Å². The van der Waals surface area contributed by atoms with Crippen molar-refractivity contribution < 1.29 is 15.0 Å². The molecule has 1 aromatic carbocycles. The van der Waals surface area contributed by atoms with Crippen molar-refractivity contribution in [1.82, 2.24) is 0 Å². The van der Waals surface area contributed by atoms with Gasteiger partial charge in [-0.25, -0.2) is 4.79 Å². The number of aliphatic hydroxyl groups excluding tert-OH is 1. The summed E-state index contributed by atoms with van der Waals surface area (Å²) in [6.45, 7) is 1.87. The first kappa shape index (κ1) is 9.74. The predicted octanol–water partition coefficient (Wildman–Crippen LogP) is 1.83. The van der Waals surface area contributed by atoms with Crippen molar-refractivity contribution in [3.63, 3.8) is 0 Å². The van der Waals surface area contributed by atoms with Gasteiger partial charge in [-0.2, -0.15) is 0 Å². The molecule has 0 radical (unpaired) electrons. The molecule has 0 heterocycles. The Balaban J connectivity index is 2.87. The van der Waals surface area contributed by atoms with Crippen LogP contribution < -0.4 is 0 Å². The molecule has 3 heteroatoms. The van der Waals surface area contributed by atoms with Gasteiger partial charge in [0.1, 0.15) is 0 Å². The molecular formula is C10H12O3. The van der Waals surface area contributed by atoms with Crippen LogP contribution in [0.15, 0.2) is 24.3 Å². The number of rotatable bonds is 3. The van der Waals surface area contributed by atoms with E-state index in [4.69, 9.17) is 5.11 Å². The highest BCUT2D eigenvalue weighted by atomic mass is 16.4. The molecule has 0 bridgehead atoms. The molecule has 2 N–H and O–H groups in total. The van der Waals surface area contributed by atoms with E-state index >= 15 is 0 Å². The molecule has 0 aliphatic rings. The molecule has 0 saturated carbocycles. The minimum Gasteiger partial charge on any atom is -0.478 e. The zero-order chi connectivity index (χ0) is 9.84. The Kier molecular flexibility index (Phi) is 3.03. The Morgan fingerprint density at radius 3 is 2.31 bits per heavy atom. The molecule has 1 atom stereocenters. The highest BCUT2D eigenvalue weighted by Gasteiger charge is 2.06. The van der Waals surface area contributed by atoms with E-state index in [1.807, 2.05) is 6.92 Å². The first-order valence-corrected chi connectivity index (χ1v) is 4.16. The largest absolute Gasteiger partial charge is 0.478 e. The summed E-state index contributed by atoms with van der Waals surface area (Å²) in [5.41, 5.74) is 1.000. The number of aromatic carboxylic acids is 1. The van der Waals surface area contributed by atoms with E-state index in [1.165, 1.54) is 12.1 Å². The van der Waals surface area contributed by atoms with Gasteiger partial charge >= 0.3 is 5.97 Å². The van der Waals surface area contributed by atoms with Gasteiger partial charge in [0, 0.05) is 0 Å². The van der Waals surface area contributed by atoms with Crippen molar-refractivity contribution in [1.29, 1.82) is 0 Å². The van der Waals surface area contributed by atoms with Crippen LogP contribution in [-0.2, 0) is 0 Å². The van der Waals surface area contributed by atoms with Gasteiger partial charge in [0.05, 0.1) is 11.7 Å². The lowest BCUT2D eigenvalue weighted by molar-refractivity contribution is 0.0696. The minimum absolute atomic E-state index is 0.243. The van der Waals surface area contributed by atoms with Crippen molar-refractivity contribution in [3.8, 4) is 0 Å². The molecule has 1 unspecified atom stereocenters. The summed E-state index contributed by atoms with van der Waals surface area (Å²) in [7, 11) is 0. The molecule has 0 saturated heterocycles. The van der Waals surface area contributed by atoms with Gasteiger partial charge in [0.15, 0.2) is 0 Å². The molecule has 70 valence electrons. The van der Waals surface area contributed by atoms with E-state index in [1.54, 1.807) is 12.1 Å². The second kappa shape index (κ2) is 4.05. The Labute approximate surface area is 76.6 Å². The smallest absolute Gasteiger partial charge is 0.335 e. The summed E-state index contributed by atoms with van der Waals surface area (Å²) >= 11 is 0. The zero-order valence-corrected chi connectivity index (χ0v) is 7.40. The van der Waals surface area contributed by atoms with Gasteiger partial charge in [0.25, 0.3) is 0 Å². The Morgan fingerprint density at radius 1 is 1.38 bits per heavy atom. The van der Waals surface area contributed by atoms with Crippen molar-refractivity contribution in [2.75, 3.05) is 0 Å². The standard InChI is InChI=1S/C10H12O3/c1-2-9(11)7-3-5-8(6-4-7)10(12)13/h3-6,9,11H,2H2,1H3,(H,12,13). The Bertz CT molecular complexity index is 290. The fourth-order valence-electron chi connectivity index (χ4n) is 1.08. The predicted molar refractivity (Wildman–Crippen MR) is 48.7 cm³/mol. The summed E-state index contributed by atoms with van der Waals surface area (Å²) < 4.78 is 0. The fraction of sp³-hybridized carbons (Fsp3) is 0.300. The lowest BCUT2D eigenvalue weighted by Crippen LogP contribution is -1.98. The summed E-state index contributed by atoms with van der Waals surface area (Å²) in [6, 6.07) is 6.27. The van der Waals surface area contributed by atoms with Crippen LogP contribution in [-0.4, -0.2) is 16.2 Å². The third-order valence-electron chi connectivity index (χ3n) is 1.93. The minimum atomic E-state index is -0.947. The third-order valence-corrected chi connectivity index (χ3v) is 1.93. The van der Waals surface area contributed by atoms with E-state index in [2.05, 4.69) is 0 Å². The fourth-order valence-corrected chi connectivity index (χ4v) is 1.08. The van der Waals surface area contributed by atoms with Gasteiger partial charge < -0.3 is 10.2 Å². The maximum atomic E-state index is 10.5.